The molecule has 0 aromatic heterocycles. The molecule has 0 bridgehead atoms. The van der Waals surface area contributed by atoms with Crippen molar-refractivity contribution >= 4 is 36.0 Å². The zero-order valence-electron chi connectivity index (χ0n) is 18.6. The Balaban J connectivity index is 3.03. The summed E-state index contributed by atoms with van der Waals surface area (Å²) in [4.78, 5) is 49.3. The summed E-state index contributed by atoms with van der Waals surface area (Å²) in [6, 6.07) is 7.65. The van der Waals surface area contributed by atoms with Crippen molar-refractivity contribution in [1.29, 1.82) is 0 Å². The molecule has 0 fully saturated rings. The summed E-state index contributed by atoms with van der Waals surface area (Å²) >= 11 is 1.56. The van der Waals surface area contributed by atoms with Crippen LogP contribution in [0.3, 0.4) is 0 Å². The number of esters is 1. The molecule has 0 saturated heterocycles. The van der Waals surface area contributed by atoms with Gasteiger partial charge in [0.15, 0.2) is 0 Å². The number of methoxy groups -OCH3 is 1. The Morgan fingerprint density at radius 1 is 1.13 bits per heavy atom. The highest BCUT2D eigenvalue weighted by molar-refractivity contribution is 7.98. The van der Waals surface area contributed by atoms with Crippen LogP contribution in [0.4, 0.5) is 0 Å². The second-order valence-corrected chi connectivity index (χ2v) is 8.12. The van der Waals surface area contributed by atoms with Gasteiger partial charge in [0.2, 0.25) is 18.2 Å². The highest BCUT2D eigenvalue weighted by Gasteiger charge is 2.40. The Bertz CT molecular complexity index is 725. The van der Waals surface area contributed by atoms with Crippen LogP contribution in [0.25, 0.3) is 0 Å². The van der Waals surface area contributed by atoms with Gasteiger partial charge in [0.25, 0.3) is 0 Å². The fourth-order valence-corrected chi connectivity index (χ4v) is 3.69. The molecule has 0 unspecified atom stereocenters. The van der Waals surface area contributed by atoms with Crippen molar-refractivity contribution in [3.63, 3.8) is 0 Å². The van der Waals surface area contributed by atoms with Gasteiger partial charge >= 0.3 is 5.97 Å². The second-order valence-electron chi connectivity index (χ2n) is 7.14. The average Bonchev–Trinajstić information content (AvgIpc) is 2.79. The normalized spacial score (nSPS) is 12.9. The number of rotatable bonds is 14. The van der Waals surface area contributed by atoms with E-state index in [9.17, 15) is 19.2 Å². The Morgan fingerprint density at radius 2 is 1.77 bits per heavy atom. The summed E-state index contributed by atoms with van der Waals surface area (Å²) in [5.41, 5.74) is -0.351. The number of carbonyl (C=O) groups excluding carboxylic acids is 4. The molecule has 0 aliphatic heterocycles. The largest absolute Gasteiger partial charge is 0.467 e. The molecular weight excluding hydrogens is 418 g/mol. The van der Waals surface area contributed by atoms with Crippen molar-refractivity contribution < 1.29 is 23.9 Å². The lowest BCUT2D eigenvalue weighted by Gasteiger charge is -2.34. The summed E-state index contributed by atoms with van der Waals surface area (Å²) in [5, 5.41) is 8.09. The van der Waals surface area contributed by atoms with Crippen LogP contribution < -0.4 is 16.0 Å². The van der Waals surface area contributed by atoms with Crippen LogP contribution in [0.15, 0.2) is 30.3 Å². The van der Waals surface area contributed by atoms with E-state index in [1.807, 2.05) is 36.6 Å². The number of hydrogen-bond acceptors (Lipinski definition) is 6. The number of amides is 3. The molecule has 1 aromatic carbocycles. The van der Waals surface area contributed by atoms with Gasteiger partial charge in [-0.2, -0.15) is 11.8 Å². The number of benzene rings is 1. The fourth-order valence-electron chi connectivity index (χ4n) is 3.22. The maximum atomic E-state index is 13.3. The Labute approximate surface area is 188 Å². The number of thioether (sulfide) groups is 1. The van der Waals surface area contributed by atoms with Gasteiger partial charge in [0.1, 0.15) is 17.6 Å². The third kappa shape index (κ3) is 7.90. The fraction of sp³-hybridized carbons (Fsp3) is 0.545. The van der Waals surface area contributed by atoms with E-state index in [0.29, 0.717) is 31.4 Å². The van der Waals surface area contributed by atoms with E-state index < -0.39 is 35.4 Å². The number of nitrogens with one attached hydrogen (secondary N) is 3. The van der Waals surface area contributed by atoms with Crippen LogP contribution in [-0.4, -0.2) is 60.9 Å². The van der Waals surface area contributed by atoms with Crippen LogP contribution >= 0.6 is 11.8 Å². The summed E-state index contributed by atoms with van der Waals surface area (Å²) < 4.78 is 4.87. The summed E-state index contributed by atoms with van der Waals surface area (Å²) in [7, 11) is 1.27. The lowest BCUT2D eigenvalue weighted by atomic mass is 9.90. The minimum absolute atomic E-state index is 0.264. The van der Waals surface area contributed by atoms with Crippen LogP contribution in [0.5, 0.6) is 0 Å². The molecule has 0 spiro atoms. The first-order chi connectivity index (χ1) is 14.9. The van der Waals surface area contributed by atoms with Crippen LogP contribution in [0.2, 0.25) is 0 Å². The molecule has 0 aliphatic carbocycles. The Hall–Kier alpha value is -2.55. The van der Waals surface area contributed by atoms with Crippen LogP contribution in [0, 0.1) is 0 Å². The van der Waals surface area contributed by atoms with Crippen molar-refractivity contribution in [2.24, 2.45) is 0 Å². The van der Waals surface area contributed by atoms with E-state index in [-0.39, 0.29) is 6.42 Å². The molecule has 1 aromatic rings. The molecule has 1 rings (SSSR count). The van der Waals surface area contributed by atoms with E-state index >= 15 is 0 Å². The van der Waals surface area contributed by atoms with Gasteiger partial charge in [-0.3, -0.25) is 14.4 Å². The molecule has 31 heavy (non-hydrogen) atoms. The maximum Gasteiger partial charge on any atom is 0.328 e. The van der Waals surface area contributed by atoms with Gasteiger partial charge in [-0.1, -0.05) is 44.2 Å². The topological polar surface area (TPSA) is 114 Å². The van der Waals surface area contributed by atoms with Gasteiger partial charge in [0, 0.05) is 6.42 Å². The summed E-state index contributed by atoms with van der Waals surface area (Å²) in [6.07, 6.45) is 3.73. The molecule has 0 radical (unpaired) electrons. The summed E-state index contributed by atoms with van der Waals surface area (Å²) in [6.45, 7) is 3.58. The third-order valence-electron chi connectivity index (χ3n) is 5.27. The standard InChI is InChI=1S/C22H33N3O5S/c1-5-22(6-2,25-19(27)17(23-15-26)12-13-31-4)21(29)24-18(20(28)30-3)14-16-10-8-7-9-11-16/h7-11,15,17-18H,5-6,12-14H2,1-4H3,(H,23,26)(H,24,29)(H,25,27)/t17-,18-/m0/s1. The van der Waals surface area contributed by atoms with Gasteiger partial charge < -0.3 is 20.7 Å². The van der Waals surface area contributed by atoms with E-state index in [1.54, 1.807) is 25.6 Å². The van der Waals surface area contributed by atoms with E-state index in [0.717, 1.165) is 5.56 Å². The molecule has 3 N–H and O–H groups in total. The molecule has 0 heterocycles. The molecule has 9 heteroatoms. The van der Waals surface area contributed by atoms with Crippen LogP contribution in [-0.2, 0) is 30.3 Å². The molecule has 0 aliphatic rings. The summed E-state index contributed by atoms with van der Waals surface area (Å²) in [5.74, 6) is -0.785. The van der Waals surface area contributed by atoms with Crippen molar-refractivity contribution in [1.82, 2.24) is 16.0 Å². The van der Waals surface area contributed by atoms with Gasteiger partial charge in [-0.15, -0.1) is 0 Å². The zero-order valence-corrected chi connectivity index (χ0v) is 19.4. The first kappa shape index (κ1) is 26.5. The first-order valence-corrected chi connectivity index (χ1v) is 11.7. The van der Waals surface area contributed by atoms with Crippen LogP contribution in [0.1, 0.15) is 38.7 Å². The number of carbonyl (C=O) groups is 4. The second kappa shape index (κ2) is 13.7. The lowest BCUT2D eigenvalue weighted by Crippen LogP contribution is -2.63. The number of hydrogen-bond donors (Lipinski definition) is 3. The molecule has 0 saturated carbocycles. The van der Waals surface area contributed by atoms with Gasteiger partial charge in [-0.05, 0) is 36.8 Å². The molecule has 3 amide bonds. The Kier molecular flexibility index (Phi) is 11.7. The number of ether oxygens (including phenoxy) is 1. The van der Waals surface area contributed by atoms with E-state index in [4.69, 9.17) is 4.74 Å². The third-order valence-corrected chi connectivity index (χ3v) is 5.92. The molecular formula is C22H33N3O5S. The molecule has 2 atom stereocenters. The first-order valence-electron chi connectivity index (χ1n) is 10.3. The lowest BCUT2D eigenvalue weighted by molar-refractivity contribution is -0.146. The van der Waals surface area contributed by atoms with Crippen molar-refractivity contribution in [2.45, 2.75) is 57.2 Å². The minimum Gasteiger partial charge on any atom is -0.467 e. The molecule has 172 valence electrons. The van der Waals surface area contributed by atoms with E-state index in [2.05, 4.69) is 16.0 Å². The SMILES string of the molecule is CCC(CC)(NC(=O)[C@H](CCSC)NC=O)C(=O)N[C@@H](Cc1ccccc1)C(=O)OC. The quantitative estimate of drug-likeness (QED) is 0.291. The Morgan fingerprint density at radius 3 is 2.29 bits per heavy atom. The zero-order chi connectivity index (χ0) is 23.3. The minimum atomic E-state index is -1.22. The van der Waals surface area contributed by atoms with Gasteiger partial charge in [-0.25, -0.2) is 4.79 Å². The molecule has 8 nitrogen and oxygen atoms in total. The van der Waals surface area contributed by atoms with Crippen molar-refractivity contribution in [2.75, 3.05) is 19.1 Å². The smallest absolute Gasteiger partial charge is 0.328 e. The van der Waals surface area contributed by atoms with Crippen molar-refractivity contribution in [3.05, 3.63) is 35.9 Å². The van der Waals surface area contributed by atoms with Crippen molar-refractivity contribution in [3.8, 4) is 0 Å². The van der Waals surface area contributed by atoms with E-state index in [1.165, 1.54) is 7.11 Å². The monoisotopic (exact) mass is 451 g/mol. The average molecular weight is 452 g/mol. The highest BCUT2D eigenvalue weighted by atomic mass is 32.2. The van der Waals surface area contributed by atoms with Gasteiger partial charge in [0.05, 0.1) is 7.11 Å². The highest BCUT2D eigenvalue weighted by Crippen LogP contribution is 2.18. The maximum absolute atomic E-state index is 13.3. The predicted molar refractivity (Wildman–Crippen MR) is 122 cm³/mol. The predicted octanol–water partition coefficient (Wildman–Crippen LogP) is 1.43.